The van der Waals surface area contributed by atoms with Crippen molar-refractivity contribution in [2.45, 2.75) is 52.0 Å². The van der Waals surface area contributed by atoms with Crippen molar-refractivity contribution in [3.63, 3.8) is 0 Å². The van der Waals surface area contributed by atoms with E-state index in [1.807, 2.05) is 13.8 Å². The van der Waals surface area contributed by atoms with E-state index in [4.69, 9.17) is 5.73 Å². The fraction of sp³-hybridized carbons (Fsp3) is 0.750. The minimum atomic E-state index is -4.57. The minimum Gasteiger partial charge on any atom is -0.341 e. The first-order valence-electron chi connectivity index (χ1n) is 8.77. The Balaban J connectivity index is 1.56. The average Bonchev–Trinajstić information content (AvgIpc) is 3.06. The van der Waals surface area contributed by atoms with Crippen LogP contribution >= 0.6 is 0 Å². The van der Waals surface area contributed by atoms with Crippen molar-refractivity contribution in [2.75, 3.05) is 19.6 Å². The lowest BCUT2D eigenvalue weighted by molar-refractivity contribution is -0.148. The first-order chi connectivity index (χ1) is 12.5. The van der Waals surface area contributed by atoms with Crippen LogP contribution in [0.1, 0.15) is 38.3 Å². The van der Waals surface area contributed by atoms with Crippen LogP contribution in [0.15, 0.2) is 0 Å². The molecule has 2 amide bonds. The molecule has 0 radical (unpaired) electrons. The number of carbonyl (C=O) groups excluding carboxylic acids is 2. The van der Waals surface area contributed by atoms with Crippen LogP contribution in [-0.2, 0) is 28.9 Å². The molecule has 150 valence electrons. The molecular weight excluding hydrogens is 365 g/mol. The first kappa shape index (κ1) is 19.6. The van der Waals surface area contributed by atoms with Crippen LogP contribution in [-0.4, -0.2) is 62.1 Å². The number of hydrogen-bond acceptors (Lipinski definition) is 5. The van der Waals surface area contributed by atoms with Gasteiger partial charge in [-0.1, -0.05) is 13.8 Å². The molecule has 2 aliphatic heterocycles. The smallest absolute Gasteiger partial charge is 0.341 e. The molecule has 3 rings (SSSR count). The van der Waals surface area contributed by atoms with Gasteiger partial charge in [0.15, 0.2) is 5.82 Å². The Morgan fingerprint density at radius 2 is 2.00 bits per heavy atom. The van der Waals surface area contributed by atoms with E-state index >= 15 is 0 Å². The van der Waals surface area contributed by atoms with Crippen LogP contribution in [0.2, 0.25) is 0 Å². The van der Waals surface area contributed by atoms with Crippen LogP contribution in [0.5, 0.6) is 0 Å². The number of alkyl halides is 3. The lowest BCUT2D eigenvalue weighted by Gasteiger charge is -2.29. The van der Waals surface area contributed by atoms with Crippen molar-refractivity contribution in [3.8, 4) is 0 Å². The van der Waals surface area contributed by atoms with E-state index in [0.717, 1.165) is 4.57 Å². The molecule has 27 heavy (non-hydrogen) atoms. The SMILES string of the molecule is CC1(C)CC(=O)N(C[C@@H](N)CC(=O)N2CCn3c(nnc3C(F)(F)F)C2)C1. The zero-order chi connectivity index (χ0) is 20.0. The highest BCUT2D eigenvalue weighted by Crippen LogP contribution is 2.31. The molecule has 0 saturated carbocycles. The maximum atomic E-state index is 12.9. The molecule has 0 bridgehead atoms. The zero-order valence-corrected chi connectivity index (χ0v) is 15.3. The molecule has 0 unspecified atom stereocenters. The van der Waals surface area contributed by atoms with Crippen molar-refractivity contribution in [2.24, 2.45) is 11.1 Å². The van der Waals surface area contributed by atoms with Gasteiger partial charge in [0.05, 0.1) is 6.54 Å². The lowest BCUT2D eigenvalue weighted by atomic mass is 9.93. The summed E-state index contributed by atoms with van der Waals surface area (Å²) in [6.07, 6.45) is -4.10. The highest BCUT2D eigenvalue weighted by molar-refractivity contribution is 5.80. The summed E-state index contributed by atoms with van der Waals surface area (Å²) in [6, 6.07) is -0.527. The van der Waals surface area contributed by atoms with Gasteiger partial charge >= 0.3 is 6.18 Å². The number of halogens is 3. The van der Waals surface area contributed by atoms with Gasteiger partial charge in [-0.05, 0) is 5.41 Å². The van der Waals surface area contributed by atoms with Crippen LogP contribution < -0.4 is 5.73 Å². The predicted octanol–water partition coefficient (Wildman–Crippen LogP) is 0.615. The maximum Gasteiger partial charge on any atom is 0.451 e. The van der Waals surface area contributed by atoms with Crippen molar-refractivity contribution >= 4 is 11.8 Å². The maximum absolute atomic E-state index is 12.9. The second kappa shape index (κ2) is 6.77. The molecule has 0 aliphatic carbocycles. The minimum absolute atomic E-state index is 0.0169. The summed E-state index contributed by atoms with van der Waals surface area (Å²) in [5.41, 5.74) is 5.94. The van der Waals surface area contributed by atoms with E-state index in [2.05, 4.69) is 10.2 Å². The number of aromatic nitrogens is 3. The molecule has 1 saturated heterocycles. The van der Waals surface area contributed by atoms with Gasteiger partial charge in [0.2, 0.25) is 17.6 Å². The summed E-state index contributed by atoms with van der Waals surface area (Å²) in [5, 5.41) is 6.75. The normalized spacial score (nSPS) is 20.7. The van der Waals surface area contributed by atoms with Crippen molar-refractivity contribution in [1.29, 1.82) is 0 Å². The summed E-state index contributed by atoms with van der Waals surface area (Å²) in [4.78, 5) is 27.6. The molecule has 2 N–H and O–H groups in total. The molecular formula is C16H23F3N6O2. The number of amides is 2. The largest absolute Gasteiger partial charge is 0.451 e. The van der Waals surface area contributed by atoms with E-state index in [1.165, 1.54) is 4.90 Å². The highest BCUT2D eigenvalue weighted by Gasteiger charge is 2.40. The van der Waals surface area contributed by atoms with Gasteiger partial charge in [-0.25, -0.2) is 0 Å². The second-order valence-corrected chi connectivity index (χ2v) is 7.98. The second-order valence-electron chi connectivity index (χ2n) is 7.98. The van der Waals surface area contributed by atoms with E-state index in [9.17, 15) is 22.8 Å². The van der Waals surface area contributed by atoms with Gasteiger partial charge in [0, 0.05) is 45.1 Å². The van der Waals surface area contributed by atoms with E-state index < -0.39 is 18.0 Å². The Bertz CT molecular complexity index is 745. The Morgan fingerprint density at radius 3 is 2.59 bits per heavy atom. The molecule has 1 fully saturated rings. The number of carbonyl (C=O) groups is 2. The van der Waals surface area contributed by atoms with E-state index in [0.29, 0.717) is 13.0 Å². The molecule has 1 aromatic heterocycles. The van der Waals surface area contributed by atoms with Gasteiger partial charge < -0.3 is 20.1 Å². The molecule has 1 aromatic rings. The van der Waals surface area contributed by atoms with Gasteiger partial charge in [-0.15, -0.1) is 10.2 Å². The molecule has 3 heterocycles. The van der Waals surface area contributed by atoms with Crippen molar-refractivity contribution < 1.29 is 22.8 Å². The average molecular weight is 388 g/mol. The highest BCUT2D eigenvalue weighted by atomic mass is 19.4. The number of likely N-dealkylation sites (tertiary alicyclic amines) is 1. The topological polar surface area (TPSA) is 97.3 Å². The van der Waals surface area contributed by atoms with Crippen LogP contribution in [0.25, 0.3) is 0 Å². The fourth-order valence-corrected chi connectivity index (χ4v) is 3.63. The Morgan fingerprint density at radius 1 is 1.30 bits per heavy atom. The van der Waals surface area contributed by atoms with Crippen LogP contribution in [0.4, 0.5) is 13.2 Å². The van der Waals surface area contributed by atoms with E-state index in [-0.39, 0.29) is 55.7 Å². The quantitative estimate of drug-likeness (QED) is 0.815. The van der Waals surface area contributed by atoms with Gasteiger partial charge in [-0.2, -0.15) is 13.2 Å². The third kappa shape index (κ3) is 4.23. The summed E-state index contributed by atoms with van der Waals surface area (Å²) in [5.74, 6) is -1.19. The number of nitrogens with zero attached hydrogens (tertiary/aromatic N) is 5. The summed E-state index contributed by atoms with van der Waals surface area (Å²) in [7, 11) is 0. The zero-order valence-electron chi connectivity index (χ0n) is 15.3. The predicted molar refractivity (Wildman–Crippen MR) is 88.0 cm³/mol. The van der Waals surface area contributed by atoms with E-state index in [1.54, 1.807) is 4.90 Å². The van der Waals surface area contributed by atoms with Crippen molar-refractivity contribution in [3.05, 3.63) is 11.6 Å². The molecule has 2 aliphatic rings. The third-order valence-electron chi connectivity index (χ3n) is 4.85. The summed E-state index contributed by atoms with van der Waals surface area (Å²) >= 11 is 0. The molecule has 11 heteroatoms. The molecule has 8 nitrogen and oxygen atoms in total. The van der Waals surface area contributed by atoms with Crippen LogP contribution in [0, 0.1) is 5.41 Å². The van der Waals surface area contributed by atoms with Crippen LogP contribution in [0.3, 0.4) is 0 Å². The molecule has 1 atom stereocenters. The Labute approximate surface area is 154 Å². The standard InChI is InChI=1S/C16H23F3N6O2/c1-15(2)6-13(27)24(9-15)7-10(20)5-12(26)23-3-4-25-11(8-23)21-22-14(25)16(17,18)19/h10H,3-9,20H2,1-2H3/t10-/m0/s1. The number of fused-ring (bicyclic) bond motifs is 1. The summed E-state index contributed by atoms with van der Waals surface area (Å²) in [6.45, 7) is 4.97. The fourth-order valence-electron chi connectivity index (χ4n) is 3.63. The Kier molecular flexibility index (Phi) is 4.91. The molecule has 0 spiro atoms. The monoisotopic (exact) mass is 388 g/mol. The van der Waals surface area contributed by atoms with Gasteiger partial charge in [0.1, 0.15) is 0 Å². The number of hydrogen-bond donors (Lipinski definition) is 1. The molecule has 0 aromatic carbocycles. The van der Waals surface area contributed by atoms with Gasteiger partial charge in [0.25, 0.3) is 0 Å². The third-order valence-corrected chi connectivity index (χ3v) is 4.85. The van der Waals surface area contributed by atoms with Crippen molar-refractivity contribution in [1.82, 2.24) is 24.6 Å². The lowest BCUT2D eigenvalue weighted by Crippen LogP contribution is -2.45. The Hall–Kier alpha value is -2.17. The number of nitrogens with two attached hydrogens (primary N) is 1. The first-order valence-corrected chi connectivity index (χ1v) is 8.77. The summed E-state index contributed by atoms with van der Waals surface area (Å²) < 4.78 is 39.6. The van der Waals surface area contributed by atoms with Gasteiger partial charge in [-0.3, -0.25) is 9.59 Å². The number of rotatable bonds is 4.